The largest absolute Gasteiger partial charge is 0.396 e. The van der Waals surface area contributed by atoms with E-state index >= 15 is 0 Å². The number of halogens is 4. The van der Waals surface area contributed by atoms with Gasteiger partial charge in [0.25, 0.3) is 5.91 Å². The van der Waals surface area contributed by atoms with E-state index in [2.05, 4.69) is 10.6 Å². The van der Waals surface area contributed by atoms with Gasteiger partial charge in [0.1, 0.15) is 5.82 Å². The molecular formula is C21H25F3IN3O3. The Morgan fingerprint density at radius 2 is 1.71 bits per heavy atom. The molecule has 0 aliphatic rings. The van der Waals surface area contributed by atoms with Crippen LogP contribution in [0.2, 0.25) is 0 Å². The highest BCUT2D eigenvalue weighted by molar-refractivity contribution is 14.1. The minimum absolute atomic E-state index is 0.00576. The van der Waals surface area contributed by atoms with Crippen molar-refractivity contribution >= 4 is 39.9 Å². The Kier molecular flexibility index (Phi) is 10.5. The molecular weight excluding hydrogens is 526 g/mol. The highest BCUT2D eigenvalue weighted by atomic mass is 127. The molecule has 0 fully saturated rings. The molecule has 0 bridgehead atoms. The molecule has 0 radical (unpaired) electrons. The minimum atomic E-state index is -1.29. The standard InChI is InChI=1S/C21H25F3IN3O3/c22-16-5-4-15(20(19(16)24)27-18-6-3-14(25)13-17(18)23)21(31)28(10-12-30)9-1-7-26-8-2-11-29/h3-6,13,26-27,29-30H,1-2,7-12H2. The van der Waals surface area contributed by atoms with Gasteiger partial charge in [0, 0.05) is 23.3 Å². The second-order valence-corrected chi connectivity index (χ2v) is 7.98. The third kappa shape index (κ3) is 7.34. The third-order valence-electron chi connectivity index (χ3n) is 4.47. The van der Waals surface area contributed by atoms with Crippen molar-refractivity contribution in [1.82, 2.24) is 10.2 Å². The summed E-state index contributed by atoms with van der Waals surface area (Å²) in [6.45, 7) is 1.25. The van der Waals surface area contributed by atoms with Crippen LogP contribution in [-0.2, 0) is 0 Å². The van der Waals surface area contributed by atoms with E-state index in [1.165, 1.54) is 17.0 Å². The van der Waals surface area contributed by atoms with E-state index in [1.807, 2.05) is 22.6 Å². The molecule has 0 spiro atoms. The summed E-state index contributed by atoms with van der Waals surface area (Å²) in [4.78, 5) is 14.4. The molecule has 4 N–H and O–H groups in total. The molecule has 0 saturated heterocycles. The predicted octanol–water partition coefficient (Wildman–Crippen LogP) is 3.25. The first-order chi connectivity index (χ1) is 14.9. The molecule has 10 heteroatoms. The van der Waals surface area contributed by atoms with Gasteiger partial charge in [0.2, 0.25) is 0 Å². The Morgan fingerprint density at radius 3 is 2.39 bits per heavy atom. The summed E-state index contributed by atoms with van der Waals surface area (Å²) in [7, 11) is 0. The molecule has 0 saturated carbocycles. The zero-order valence-corrected chi connectivity index (χ0v) is 19.0. The van der Waals surface area contributed by atoms with Gasteiger partial charge in [-0.2, -0.15) is 0 Å². The average Bonchev–Trinajstić information content (AvgIpc) is 2.74. The zero-order chi connectivity index (χ0) is 22.8. The van der Waals surface area contributed by atoms with Gasteiger partial charge in [-0.15, -0.1) is 0 Å². The first-order valence-corrected chi connectivity index (χ1v) is 10.9. The molecule has 1 amide bonds. The predicted molar refractivity (Wildman–Crippen MR) is 121 cm³/mol. The maximum absolute atomic E-state index is 14.6. The number of aliphatic hydroxyl groups is 2. The number of aliphatic hydroxyl groups excluding tert-OH is 2. The number of nitrogens with one attached hydrogen (secondary N) is 2. The van der Waals surface area contributed by atoms with Crippen molar-refractivity contribution in [2.75, 3.05) is 44.7 Å². The highest BCUT2D eigenvalue weighted by Gasteiger charge is 2.23. The van der Waals surface area contributed by atoms with E-state index < -0.39 is 29.0 Å². The van der Waals surface area contributed by atoms with Gasteiger partial charge < -0.3 is 25.7 Å². The van der Waals surface area contributed by atoms with Crippen LogP contribution in [0.4, 0.5) is 24.5 Å². The highest BCUT2D eigenvalue weighted by Crippen LogP contribution is 2.29. The number of nitrogens with zero attached hydrogens (tertiary/aromatic N) is 1. The van der Waals surface area contributed by atoms with Gasteiger partial charge in [-0.05, 0) is 78.9 Å². The van der Waals surface area contributed by atoms with Gasteiger partial charge in [-0.25, -0.2) is 13.2 Å². The number of rotatable bonds is 12. The average molecular weight is 551 g/mol. The maximum Gasteiger partial charge on any atom is 0.256 e. The van der Waals surface area contributed by atoms with Gasteiger partial charge >= 0.3 is 0 Å². The molecule has 6 nitrogen and oxygen atoms in total. The molecule has 0 aliphatic carbocycles. The topological polar surface area (TPSA) is 84.8 Å². The molecule has 31 heavy (non-hydrogen) atoms. The fraction of sp³-hybridized carbons (Fsp3) is 0.381. The number of amides is 1. The van der Waals surface area contributed by atoms with E-state index in [0.717, 1.165) is 12.1 Å². The van der Waals surface area contributed by atoms with E-state index in [0.29, 0.717) is 29.5 Å². The fourth-order valence-electron chi connectivity index (χ4n) is 2.91. The van der Waals surface area contributed by atoms with Crippen LogP contribution < -0.4 is 10.6 Å². The van der Waals surface area contributed by atoms with Crippen LogP contribution in [0.1, 0.15) is 23.2 Å². The number of hydrogen-bond acceptors (Lipinski definition) is 5. The number of benzene rings is 2. The number of hydrogen-bond donors (Lipinski definition) is 4. The van der Waals surface area contributed by atoms with Gasteiger partial charge in [-0.3, -0.25) is 4.79 Å². The summed E-state index contributed by atoms with van der Waals surface area (Å²) in [5.74, 6) is -3.75. The molecule has 0 atom stereocenters. The van der Waals surface area contributed by atoms with Crippen LogP contribution in [0.25, 0.3) is 0 Å². The van der Waals surface area contributed by atoms with E-state index in [1.54, 1.807) is 6.07 Å². The first kappa shape index (κ1) is 25.4. The van der Waals surface area contributed by atoms with Crippen molar-refractivity contribution in [3.63, 3.8) is 0 Å². The number of carbonyl (C=O) groups is 1. The maximum atomic E-state index is 14.6. The lowest BCUT2D eigenvalue weighted by Crippen LogP contribution is -2.36. The van der Waals surface area contributed by atoms with Crippen LogP contribution in [0.3, 0.4) is 0 Å². The van der Waals surface area contributed by atoms with Gasteiger partial charge in [0.05, 0.1) is 23.5 Å². The van der Waals surface area contributed by atoms with Crippen LogP contribution in [0.5, 0.6) is 0 Å². The van der Waals surface area contributed by atoms with Crippen molar-refractivity contribution in [2.24, 2.45) is 0 Å². The molecule has 0 heterocycles. The summed E-state index contributed by atoms with van der Waals surface area (Å²) in [5, 5.41) is 23.7. The van der Waals surface area contributed by atoms with Gasteiger partial charge in [0.15, 0.2) is 11.6 Å². The smallest absolute Gasteiger partial charge is 0.256 e. The van der Waals surface area contributed by atoms with Crippen molar-refractivity contribution < 1.29 is 28.2 Å². The van der Waals surface area contributed by atoms with E-state index in [9.17, 15) is 23.1 Å². The SMILES string of the molecule is O=C(c1ccc(F)c(F)c1Nc1ccc(I)cc1F)N(CCO)CCCNCCCO. The second-order valence-electron chi connectivity index (χ2n) is 6.73. The summed E-state index contributed by atoms with van der Waals surface area (Å²) >= 11 is 1.92. The van der Waals surface area contributed by atoms with Crippen molar-refractivity contribution in [3.05, 3.63) is 56.9 Å². The molecule has 0 aliphatic heterocycles. The summed E-state index contributed by atoms with van der Waals surface area (Å²) in [5.41, 5.74) is -0.728. The van der Waals surface area contributed by atoms with E-state index in [-0.39, 0.29) is 37.6 Å². The molecule has 0 aromatic heterocycles. The van der Waals surface area contributed by atoms with Crippen LogP contribution in [0.15, 0.2) is 30.3 Å². The van der Waals surface area contributed by atoms with Crippen LogP contribution in [-0.4, -0.2) is 60.4 Å². The third-order valence-corrected chi connectivity index (χ3v) is 5.14. The van der Waals surface area contributed by atoms with Gasteiger partial charge in [-0.1, -0.05) is 0 Å². The summed E-state index contributed by atoms with van der Waals surface area (Å²) < 4.78 is 43.3. The Morgan fingerprint density at radius 1 is 0.968 bits per heavy atom. The fourth-order valence-corrected chi connectivity index (χ4v) is 3.36. The quantitative estimate of drug-likeness (QED) is 0.241. The summed E-state index contributed by atoms with van der Waals surface area (Å²) in [6.07, 6.45) is 1.16. The zero-order valence-electron chi connectivity index (χ0n) is 16.8. The van der Waals surface area contributed by atoms with Crippen molar-refractivity contribution in [1.29, 1.82) is 0 Å². The van der Waals surface area contributed by atoms with E-state index in [4.69, 9.17) is 5.11 Å². The Balaban J connectivity index is 2.23. The lowest BCUT2D eigenvalue weighted by atomic mass is 10.1. The monoisotopic (exact) mass is 551 g/mol. The number of anilines is 2. The number of carbonyl (C=O) groups excluding carboxylic acids is 1. The molecule has 2 rings (SSSR count). The lowest BCUT2D eigenvalue weighted by molar-refractivity contribution is 0.0720. The molecule has 2 aromatic carbocycles. The Hall–Kier alpha value is -1.89. The molecule has 0 unspecified atom stereocenters. The first-order valence-electron chi connectivity index (χ1n) is 9.80. The molecule has 2 aromatic rings. The molecule has 170 valence electrons. The normalized spacial score (nSPS) is 10.9. The van der Waals surface area contributed by atoms with Crippen LogP contribution in [0, 0.1) is 21.0 Å². The Bertz CT molecular complexity index is 886. The summed E-state index contributed by atoms with van der Waals surface area (Å²) in [6, 6.07) is 6.17. The second kappa shape index (κ2) is 12.8. The van der Waals surface area contributed by atoms with Crippen molar-refractivity contribution in [3.8, 4) is 0 Å². The van der Waals surface area contributed by atoms with Crippen molar-refractivity contribution in [2.45, 2.75) is 12.8 Å². The Labute approximate surface area is 192 Å². The lowest BCUT2D eigenvalue weighted by Gasteiger charge is -2.24. The minimum Gasteiger partial charge on any atom is -0.396 e. The van der Waals surface area contributed by atoms with Crippen LogP contribution >= 0.6 is 22.6 Å².